The largest absolute Gasteiger partial charge is 0.381 e. The molecular formula is C11H23ClN2O3S. The number of halogens is 1. The maximum Gasteiger partial charge on any atom is 0.281 e. The molecule has 0 aliphatic carbocycles. The topological polar surface area (TPSA) is 49.9 Å². The molecule has 0 N–H and O–H groups in total. The van der Waals surface area contributed by atoms with Gasteiger partial charge in [-0.2, -0.15) is 17.0 Å². The second-order valence-corrected chi connectivity index (χ2v) is 7.23. The van der Waals surface area contributed by atoms with Gasteiger partial charge in [0.1, 0.15) is 0 Å². The molecule has 1 fully saturated rings. The molecule has 1 aliphatic heterocycles. The van der Waals surface area contributed by atoms with Gasteiger partial charge in [0.25, 0.3) is 10.2 Å². The molecule has 1 saturated heterocycles. The summed E-state index contributed by atoms with van der Waals surface area (Å²) in [5.41, 5.74) is 0. The minimum Gasteiger partial charge on any atom is -0.381 e. The van der Waals surface area contributed by atoms with Crippen molar-refractivity contribution in [2.24, 2.45) is 5.92 Å². The molecule has 0 aromatic rings. The van der Waals surface area contributed by atoms with Crippen LogP contribution in [-0.4, -0.2) is 63.3 Å². The second-order valence-electron chi connectivity index (χ2n) is 4.71. The van der Waals surface area contributed by atoms with Crippen LogP contribution in [0.25, 0.3) is 0 Å². The summed E-state index contributed by atoms with van der Waals surface area (Å²) in [6.45, 7) is 2.50. The van der Waals surface area contributed by atoms with Crippen LogP contribution < -0.4 is 0 Å². The molecule has 1 heterocycles. The third kappa shape index (κ3) is 4.66. The molecule has 5 nitrogen and oxygen atoms in total. The predicted molar refractivity (Wildman–Crippen MR) is 73.1 cm³/mol. The number of nitrogens with zero attached hydrogens (tertiary/aromatic N) is 2. The Labute approximate surface area is 115 Å². The Hall–Kier alpha value is 0.120. The van der Waals surface area contributed by atoms with Crippen molar-refractivity contribution in [3.63, 3.8) is 0 Å². The number of hydrogen-bond donors (Lipinski definition) is 0. The van der Waals surface area contributed by atoms with E-state index in [1.165, 1.54) is 8.61 Å². The highest BCUT2D eigenvalue weighted by Gasteiger charge is 2.26. The quantitative estimate of drug-likeness (QED) is 0.663. The van der Waals surface area contributed by atoms with Gasteiger partial charge in [0.15, 0.2) is 0 Å². The molecule has 0 amide bonds. The zero-order valence-electron chi connectivity index (χ0n) is 11.1. The van der Waals surface area contributed by atoms with Crippen LogP contribution in [0.5, 0.6) is 0 Å². The molecule has 0 aromatic heterocycles. The van der Waals surface area contributed by atoms with Crippen molar-refractivity contribution in [2.45, 2.75) is 19.3 Å². The van der Waals surface area contributed by atoms with E-state index < -0.39 is 10.2 Å². The monoisotopic (exact) mass is 298 g/mol. The lowest BCUT2D eigenvalue weighted by Crippen LogP contribution is -2.42. The van der Waals surface area contributed by atoms with Gasteiger partial charge in [-0.05, 0) is 25.2 Å². The van der Waals surface area contributed by atoms with Crippen LogP contribution in [-0.2, 0) is 14.9 Å². The maximum absolute atomic E-state index is 12.2. The molecule has 0 unspecified atom stereocenters. The molecule has 108 valence electrons. The lowest BCUT2D eigenvalue weighted by Gasteiger charge is -2.29. The number of rotatable bonds is 7. The normalized spacial score (nSPS) is 18.7. The van der Waals surface area contributed by atoms with Crippen LogP contribution in [0, 0.1) is 5.92 Å². The Balaban J connectivity index is 2.49. The molecule has 0 spiro atoms. The third-order valence-corrected chi connectivity index (χ3v) is 5.42. The Morgan fingerprint density at radius 3 is 2.39 bits per heavy atom. The molecule has 1 aliphatic rings. The molecule has 0 radical (unpaired) electrons. The Morgan fingerprint density at radius 2 is 1.83 bits per heavy atom. The Bertz CT molecular complexity index is 331. The SMILES string of the molecule is CN(CCCCl)S(=O)(=O)N(C)CC1CCOCC1. The van der Waals surface area contributed by atoms with Crippen LogP contribution in [0.3, 0.4) is 0 Å². The van der Waals surface area contributed by atoms with Gasteiger partial charge in [0.2, 0.25) is 0 Å². The van der Waals surface area contributed by atoms with Crippen LogP contribution in [0.15, 0.2) is 0 Å². The van der Waals surface area contributed by atoms with E-state index in [0.717, 1.165) is 26.1 Å². The van der Waals surface area contributed by atoms with Gasteiger partial charge in [-0.25, -0.2) is 0 Å². The summed E-state index contributed by atoms with van der Waals surface area (Å²) in [6, 6.07) is 0. The van der Waals surface area contributed by atoms with Crippen LogP contribution in [0.4, 0.5) is 0 Å². The highest BCUT2D eigenvalue weighted by molar-refractivity contribution is 7.86. The lowest BCUT2D eigenvalue weighted by atomic mass is 10.0. The van der Waals surface area contributed by atoms with Crippen molar-refractivity contribution in [3.8, 4) is 0 Å². The van der Waals surface area contributed by atoms with Gasteiger partial charge < -0.3 is 4.74 Å². The number of hydrogen-bond acceptors (Lipinski definition) is 3. The van der Waals surface area contributed by atoms with Crippen molar-refractivity contribution in [1.82, 2.24) is 8.61 Å². The van der Waals surface area contributed by atoms with Crippen molar-refractivity contribution in [2.75, 3.05) is 46.3 Å². The van der Waals surface area contributed by atoms with E-state index in [1.807, 2.05) is 0 Å². The van der Waals surface area contributed by atoms with Gasteiger partial charge in [0, 0.05) is 46.3 Å². The summed E-state index contributed by atoms with van der Waals surface area (Å²) >= 11 is 5.58. The summed E-state index contributed by atoms with van der Waals surface area (Å²) in [5.74, 6) is 0.878. The van der Waals surface area contributed by atoms with Crippen molar-refractivity contribution in [1.29, 1.82) is 0 Å². The maximum atomic E-state index is 12.2. The van der Waals surface area contributed by atoms with Crippen molar-refractivity contribution < 1.29 is 13.2 Å². The first kappa shape index (κ1) is 16.2. The minimum absolute atomic E-state index is 0.403. The third-order valence-electron chi connectivity index (χ3n) is 3.25. The molecule has 18 heavy (non-hydrogen) atoms. The van der Waals surface area contributed by atoms with E-state index in [0.29, 0.717) is 31.3 Å². The van der Waals surface area contributed by atoms with Gasteiger partial charge >= 0.3 is 0 Å². The average Bonchev–Trinajstić information content (AvgIpc) is 2.36. The molecule has 0 atom stereocenters. The highest BCUT2D eigenvalue weighted by Crippen LogP contribution is 2.17. The summed E-state index contributed by atoms with van der Waals surface area (Å²) in [5, 5.41) is 0. The summed E-state index contributed by atoms with van der Waals surface area (Å²) < 4.78 is 32.5. The van der Waals surface area contributed by atoms with Crippen LogP contribution >= 0.6 is 11.6 Å². The van der Waals surface area contributed by atoms with Crippen molar-refractivity contribution >= 4 is 21.8 Å². The minimum atomic E-state index is -3.34. The highest BCUT2D eigenvalue weighted by atomic mass is 35.5. The van der Waals surface area contributed by atoms with E-state index in [9.17, 15) is 8.42 Å². The van der Waals surface area contributed by atoms with Crippen LogP contribution in [0.2, 0.25) is 0 Å². The summed E-state index contributed by atoms with van der Waals surface area (Å²) in [6.07, 6.45) is 2.54. The summed E-state index contributed by atoms with van der Waals surface area (Å²) in [4.78, 5) is 0. The molecule has 1 rings (SSSR count). The zero-order chi connectivity index (χ0) is 13.6. The Morgan fingerprint density at radius 1 is 1.22 bits per heavy atom. The Kier molecular flexibility index (Phi) is 6.87. The van der Waals surface area contributed by atoms with Gasteiger partial charge in [-0.3, -0.25) is 0 Å². The van der Waals surface area contributed by atoms with Gasteiger partial charge in [-0.15, -0.1) is 11.6 Å². The first-order valence-electron chi connectivity index (χ1n) is 6.29. The molecule has 0 saturated carbocycles. The molecular weight excluding hydrogens is 276 g/mol. The van der Waals surface area contributed by atoms with Gasteiger partial charge in [-0.1, -0.05) is 0 Å². The summed E-state index contributed by atoms with van der Waals surface area (Å²) in [7, 11) is -0.103. The van der Waals surface area contributed by atoms with E-state index in [-0.39, 0.29) is 0 Å². The predicted octanol–water partition coefficient (Wildman–Crippen LogP) is 1.15. The second kappa shape index (κ2) is 7.65. The van der Waals surface area contributed by atoms with Crippen molar-refractivity contribution in [3.05, 3.63) is 0 Å². The fraction of sp³-hybridized carbons (Fsp3) is 1.00. The van der Waals surface area contributed by atoms with Gasteiger partial charge in [0.05, 0.1) is 0 Å². The van der Waals surface area contributed by atoms with E-state index in [4.69, 9.17) is 16.3 Å². The molecule has 0 bridgehead atoms. The number of alkyl halides is 1. The standard InChI is InChI=1S/C11H23ClN2O3S/c1-13(7-3-6-12)18(15,16)14(2)10-11-4-8-17-9-5-11/h11H,3-10H2,1-2H3. The lowest BCUT2D eigenvalue weighted by molar-refractivity contribution is 0.0616. The molecule has 7 heteroatoms. The first-order chi connectivity index (χ1) is 8.48. The smallest absolute Gasteiger partial charge is 0.281 e. The first-order valence-corrected chi connectivity index (χ1v) is 8.23. The van der Waals surface area contributed by atoms with E-state index >= 15 is 0 Å². The zero-order valence-corrected chi connectivity index (χ0v) is 12.7. The van der Waals surface area contributed by atoms with Crippen LogP contribution in [0.1, 0.15) is 19.3 Å². The fourth-order valence-corrected chi connectivity index (χ4v) is 3.38. The van der Waals surface area contributed by atoms with E-state index in [2.05, 4.69) is 0 Å². The average molecular weight is 299 g/mol. The molecule has 0 aromatic carbocycles. The fourth-order valence-electron chi connectivity index (χ4n) is 2.02. The van der Waals surface area contributed by atoms with E-state index in [1.54, 1.807) is 14.1 Å². The number of ether oxygens (including phenoxy) is 1.